The van der Waals surface area contributed by atoms with E-state index < -0.39 is 10.0 Å². The van der Waals surface area contributed by atoms with Crippen LogP contribution in [0, 0.1) is 0 Å². The van der Waals surface area contributed by atoms with E-state index in [1.807, 2.05) is 0 Å². The summed E-state index contributed by atoms with van der Waals surface area (Å²) < 4.78 is 33.1. The highest BCUT2D eigenvalue weighted by Crippen LogP contribution is 2.25. The fourth-order valence-electron chi connectivity index (χ4n) is 3.02. The molecule has 1 fully saturated rings. The second-order valence-electron chi connectivity index (χ2n) is 5.99. The van der Waals surface area contributed by atoms with Crippen LogP contribution in [0.25, 0.3) is 0 Å². The van der Waals surface area contributed by atoms with Crippen molar-refractivity contribution >= 4 is 21.7 Å². The number of hydrogen-bond donors (Lipinski definition) is 1. The molecule has 0 unspecified atom stereocenters. The van der Waals surface area contributed by atoms with Gasteiger partial charge in [-0.1, -0.05) is 6.07 Å². The Morgan fingerprint density at radius 2 is 1.88 bits per heavy atom. The average Bonchev–Trinajstić information content (AvgIpc) is 3.25. The van der Waals surface area contributed by atoms with E-state index in [0.29, 0.717) is 19.0 Å². The van der Waals surface area contributed by atoms with Gasteiger partial charge in [-0.05, 0) is 36.1 Å². The third kappa shape index (κ3) is 2.94. The van der Waals surface area contributed by atoms with Gasteiger partial charge >= 0.3 is 0 Å². The predicted molar refractivity (Wildman–Crippen MR) is 89.2 cm³/mol. The van der Waals surface area contributed by atoms with Crippen molar-refractivity contribution in [1.29, 1.82) is 0 Å². The van der Waals surface area contributed by atoms with Crippen molar-refractivity contribution < 1.29 is 13.2 Å². The molecular formula is C16H18N4O3S. The second-order valence-corrected chi connectivity index (χ2v) is 7.67. The van der Waals surface area contributed by atoms with E-state index in [-0.39, 0.29) is 10.7 Å². The first-order chi connectivity index (χ1) is 11.6. The fraction of sp³-hybridized carbons (Fsp3) is 0.375. The maximum Gasteiger partial charge on any atom is 0.263 e. The van der Waals surface area contributed by atoms with Crippen LogP contribution in [0.1, 0.15) is 24.0 Å². The molecular weight excluding hydrogens is 328 g/mol. The lowest BCUT2D eigenvalue weighted by Gasteiger charge is -2.16. The van der Waals surface area contributed by atoms with Crippen LogP contribution in [-0.4, -0.2) is 31.5 Å². The number of nitrogens with zero attached hydrogens (tertiary/aromatic N) is 3. The minimum atomic E-state index is -3.70. The van der Waals surface area contributed by atoms with Gasteiger partial charge in [-0.3, -0.25) is 9.71 Å². The molecule has 0 atom stereocenters. The van der Waals surface area contributed by atoms with Gasteiger partial charge in [-0.25, -0.2) is 13.4 Å². The third-order valence-corrected chi connectivity index (χ3v) is 5.65. The van der Waals surface area contributed by atoms with E-state index in [0.717, 1.165) is 37.1 Å². The highest BCUT2D eigenvalue weighted by molar-refractivity contribution is 7.92. The number of anilines is 2. The van der Waals surface area contributed by atoms with E-state index >= 15 is 0 Å². The van der Waals surface area contributed by atoms with Crippen LogP contribution >= 0.6 is 0 Å². The molecule has 2 aliphatic rings. The van der Waals surface area contributed by atoms with Gasteiger partial charge in [0, 0.05) is 13.1 Å². The molecule has 1 aromatic carbocycles. The molecule has 0 spiro atoms. The van der Waals surface area contributed by atoms with Crippen LogP contribution in [0.2, 0.25) is 0 Å². The largest absolute Gasteiger partial charge is 0.372 e. The SMILES string of the molecule is O=S(=O)(Nc1cncc(N2CCCC2)n1)c1ccc2c(c1)COC2. The van der Waals surface area contributed by atoms with Crippen molar-refractivity contribution in [1.82, 2.24) is 9.97 Å². The molecule has 2 aromatic rings. The molecule has 0 amide bonds. The second kappa shape index (κ2) is 6.03. The van der Waals surface area contributed by atoms with E-state index in [9.17, 15) is 8.42 Å². The summed E-state index contributed by atoms with van der Waals surface area (Å²) in [6.07, 6.45) is 5.33. The maximum absolute atomic E-state index is 12.6. The molecule has 7 nitrogen and oxygen atoms in total. The summed E-state index contributed by atoms with van der Waals surface area (Å²) in [6, 6.07) is 5.04. The van der Waals surface area contributed by atoms with Crippen molar-refractivity contribution in [2.75, 3.05) is 22.7 Å². The smallest absolute Gasteiger partial charge is 0.263 e. The normalized spacial score (nSPS) is 17.1. The number of rotatable bonds is 4. The van der Waals surface area contributed by atoms with E-state index in [1.54, 1.807) is 24.4 Å². The Morgan fingerprint density at radius 1 is 1.08 bits per heavy atom. The lowest BCUT2D eigenvalue weighted by Crippen LogP contribution is -2.20. The van der Waals surface area contributed by atoms with E-state index in [2.05, 4.69) is 19.6 Å². The lowest BCUT2D eigenvalue weighted by molar-refractivity contribution is 0.134. The Labute approximate surface area is 140 Å². The van der Waals surface area contributed by atoms with Gasteiger partial charge in [0.1, 0.15) is 5.82 Å². The van der Waals surface area contributed by atoms with Crippen molar-refractivity contribution in [2.24, 2.45) is 0 Å². The standard InChI is InChI=1S/C16H18N4O3S/c21-24(22,14-4-3-12-10-23-11-13(12)7-14)19-15-8-17-9-16(18-15)20-5-1-2-6-20/h3-4,7-9H,1-2,5-6,10-11H2,(H,18,19). The summed E-state index contributed by atoms with van der Waals surface area (Å²) in [6.45, 7) is 2.83. The van der Waals surface area contributed by atoms with Crippen LogP contribution in [0.15, 0.2) is 35.5 Å². The summed E-state index contributed by atoms with van der Waals surface area (Å²) in [5.74, 6) is 0.936. The molecule has 3 heterocycles. The number of hydrogen-bond acceptors (Lipinski definition) is 6. The Bertz CT molecular complexity index is 863. The monoisotopic (exact) mass is 346 g/mol. The minimum Gasteiger partial charge on any atom is -0.372 e. The molecule has 24 heavy (non-hydrogen) atoms. The lowest BCUT2D eigenvalue weighted by atomic mass is 10.1. The number of nitrogens with one attached hydrogen (secondary N) is 1. The molecule has 126 valence electrons. The molecule has 2 aliphatic heterocycles. The van der Waals surface area contributed by atoms with Crippen LogP contribution in [0.5, 0.6) is 0 Å². The first-order valence-corrected chi connectivity index (χ1v) is 9.39. The zero-order chi connectivity index (χ0) is 16.6. The van der Waals surface area contributed by atoms with Crippen LogP contribution in [-0.2, 0) is 28.0 Å². The minimum absolute atomic E-state index is 0.208. The molecule has 0 bridgehead atoms. The van der Waals surface area contributed by atoms with Gasteiger partial charge in [0.25, 0.3) is 10.0 Å². The van der Waals surface area contributed by atoms with Crippen LogP contribution < -0.4 is 9.62 Å². The first-order valence-electron chi connectivity index (χ1n) is 7.91. The van der Waals surface area contributed by atoms with Crippen molar-refractivity contribution in [2.45, 2.75) is 31.0 Å². The molecule has 0 aliphatic carbocycles. The van der Waals surface area contributed by atoms with E-state index in [4.69, 9.17) is 4.74 Å². The number of ether oxygens (including phenoxy) is 1. The van der Waals surface area contributed by atoms with E-state index in [1.165, 1.54) is 6.20 Å². The highest BCUT2D eigenvalue weighted by Gasteiger charge is 2.20. The average molecular weight is 346 g/mol. The molecule has 1 N–H and O–H groups in total. The zero-order valence-electron chi connectivity index (χ0n) is 13.1. The Kier molecular flexibility index (Phi) is 3.85. The molecule has 0 radical (unpaired) electrons. The molecule has 1 aromatic heterocycles. The van der Waals surface area contributed by atoms with Crippen molar-refractivity contribution in [3.05, 3.63) is 41.7 Å². The highest BCUT2D eigenvalue weighted by atomic mass is 32.2. The summed E-state index contributed by atoms with van der Waals surface area (Å²) in [4.78, 5) is 10.8. The van der Waals surface area contributed by atoms with Crippen molar-refractivity contribution in [3.8, 4) is 0 Å². The summed E-state index contributed by atoms with van der Waals surface area (Å²) in [7, 11) is -3.70. The number of fused-ring (bicyclic) bond motifs is 1. The van der Waals surface area contributed by atoms with Gasteiger partial charge in [-0.2, -0.15) is 0 Å². The number of aromatic nitrogens is 2. The fourth-order valence-corrected chi connectivity index (χ4v) is 4.05. The van der Waals surface area contributed by atoms with Crippen LogP contribution in [0.3, 0.4) is 0 Å². The zero-order valence-corrected chi connectivity index (χ0v) is 13.9. The van der Waals surface area contributed by atoms with Gasteiger partial charge in [0.05, 0.1) is 30.5 Å². The quantitative estimate of drug-likeness (QED) is 0.910. The third-order valence-electron chi connectivity index (χ3n) is 4.29. The maximum atomic E-state index is 12.6. The Morgan fingerprint density at radius 3 is 2.71 bits per heavy atom. The molecule has 1 saturated heterocycles. The van der Waals surface area contributed by atoms with Gasteiger partial charge in [0.15, 0.2) is 5.82 Å². The van der Waals surface area contributed by atoms with Crippen molar-refractivity contribution in [3.63, 3.8) is 0 Å². The summed E-state index contributed by atoms with van der Waals surface area (Å²) >= 11 is 0. The summed E-state index contributed by atoms with van der Waals surface area (Å²) in [5, 5.41) is 0. The number of sulfonamides is 1. The van der Waals surface area contributed by atoms with Gasteiger partial charge in [0.2, 0.25) is 0 Å². The topological polar surface area (TPSA) is 84.4 Å². The molecule has 8 heteroatoms. The Hall–Kier alpha value is -2.19. The summed E-state index contributed by atoms with van der Waals surface area (Å²) in [5.41, 5.74) is 1.94. The first kappa shape index (κ1) is 15.3. The Balaban J connectivity index is 1.58. The number of benzene rings is 1. The molecule has 4 rings (SSSR count). The molecule has 0 saturated carbocycles. The predicted octanol–water partition coefficient (Wildman–Crippen LogP) is 1.91. The van der Waals surface area contributed by atoms with Gasteiger partial charge in [-0.15, -0.1) is 0 Å². The van der Waals surface area contributed by atoms with Gasteiger partial charge < -0.3 is 9.64 Å². The van der Waals surface area contributed by atoms with Crippen LogP contribution in [0.4, 0.5) is 11.6 Å².